The molecular formula is C23H37BrO3. The molecule has 0 unspecified atom stereocenters. The van der Waals surface area contributed by atoms with Crippen molar-refractivity contribution in [3.63, 3.8) is 0 Å². The quantitative estimate of drug-likeness (QED) is 0.628. The minimum Gasteiger partial charge on any atom is -0.390 e. The van der Waals surface area contributed by atoms with Gasteiger partial charge in [0, 0.05) is 13.0 Å². The molecule has 9 atom stereocenters. The number of alkyl halides is 1. The van der Waals surface area contributed by atoms with Gasteiger partial charge in [-0.2, -0.15) is 0 Å². The van der Waals surface area contributed by atoms with Crippen LogP contribution in [0.2, 0.25) is 0 Å². The Kier molecular flexibility index (Phi) is 5.13. The zero-order valence-corrected chi connectivity index (χ0v) is 19.1. The van der Waals surface area contributed by atoms with E-state index in [2.05, 4.69) is 29.8 Å². The standard InChI is InChI=1S/C23H37BrO3/c1-21(26)9-10-22(2)14(12-21)11-19(27-4)20-16-6-5-15(18(25)13-24)23(16,3)8-7-17(20)22/h14-17,19-20,26H,5-13H2,1-4H3/t14-,15+,16-,17-,19-,20-,21+,22-,23+/m0/s1. The third kappa shape index (κ3) is 2.99. The van der Waals surface area contributed by atoms with Crippen LogP contribution in [0.4, 0.5) is 0 Å². The van der Waals surface area contributed by atoms with Gasteiger partial charge in [-0.1, -0.05) is 29.8 Å². The number of carbonyl (C=O) groups is 1. The molecule has 4 fully saturated rings. The largest absolute Gasteiger partial charge is 0.390 e. The third-order valence-electron chi connectivity index (χ3n) is 9.77. The minimum atomic E-state index is -0.515. The van der Waals surface area contributed by atoms with Gasteiger partial charge in [0.25, 0.3) is 0 Å². The number of ether oxygens (including phenoxy) is 1. The minimum absolute atomic E-state index is 0.145. The maximum absolute atomic E-state index is 12.6. The van der Waals surface area contributed by atoms with Gasteiger partial charge in [-0.3, -0.25) is 4.79 Å². The molecule has 0 aliphatic heterocycles. The Morgan fingerprint density at radius 2 is 1.78 bits per heavy atom. The third-order valence-corrected chi connectivity index (χ3v) is 10.3. The van der Waals surface area contributed by atoms with E-state index in [1.54, 1.807) is 0 Å². The van der Waals surface area contributed by atoms with Crippen molar-refractivity contribution in [2.24, 2.45) is 40.4 Å². The Balaban J connectivity index is 1.67. The second-order valence-corrected chi connectivity index (χ2v) is 11.5. The molecule has 4 aliphatic rings. The van der Waals surface area contributed by atoms with Gasteiger partial charge < -0.3 is 9.84 Å². The number of methoxy groups -OCH3 is 1. The van der Waals surface area contributed by atoms with E-state index in [1.807, 2.05) is 14.0 Å². The SMILES string of the molecule is CO[C@H]1C[C@H]2C[C@](C)(O)CC[C@]2(C)[C@H]2CC[C@]3(C)[C@@H](C(=O)CBr)CC[C@H]3[C@H]12. The van der Waals surface area contributed by atoms with Crippen LogP contribution >= 0.6 is 15.9 Å². The van der Waals surface area contributed by atoms with Gasteiger partial charge in [0.2, 0.25) is 0 Å². The van der Waals surface area contributed by atoms with Crippen molar-refractivity contribution < 1.29 is 14.6 Å². The Bertz CT molecular complexity index is 604. The topological polar surface area (TPSA) is 46.5 Å². The number of carbonyl (C=O) groups excluding carboxylic acids is 1. The Morgan fingerprint density at radius 3 is 2.44 bits per heavy atom. The van der Waals surface area contributed by atoms with Crippen LogP contribution in [0.25, 0.3) is 0 Å². The highest BCUT2D eigenvalue weighted by atomic mass is 79.9. The van der Waals surface area contributed by atoms with E-state index in [9.17, 15) is 9.90 Å². The molecule has 1 N–H and O–H groups in total. The number of ketones is 1. The van der Waals surface area contributed by atoms with Crippen molar-refractivity contribution in [1.29, 1.82) is 0 Å². The molecule has 0 aromatic heterocycles. The molecule has 0 spiro atoms. The lowest BCUT2D eigenvalue weighted by atomic mass is 9.43. The molecule has 4 rings (SSSR count). The number of hydrogen-bond acceptors (Lipinski definition) is 3. The first-order valence-electron chi connectivity index (χ1n) is 11.0. The van der Waals surface area contributed by atoms with Crippen LogP contribution in [0.3, 0.4) is 0 Å². The summed E-state index contributed by atoms with van der Waals surface area (Å²) in [6, 6.07) is 0. The number of fused-ring (bicyclic) bond motifs is 5. The highest BCUT2D eigenvalue weighted by Gasteiger charge is 2.64. The average molecular weight is 441 g/mol. The van der Waals surface area contributed by atoms with Gasteiger partial charge in [0.15, 0.2) is 0 Å². The number of halogens is 1. The summed E-state index contributed by atoms with van der Waals surface area (Å²) in [5.41, 5.74) is -0.0494. The highest BCUT2D eigenvalue weighted by molar-refractivity contribution is 9.09. The Morgan fingerprint density at radius 1 is 1.07 bits per heavy atom. The van der Waals surface area contributed by atoms with E-state index >= 15 is 0 Å². The Hall–Kier alpha value is 0.0700. The first-order chi connectivity index (χ1) is 12.7. The summed E-state index contributed by atoms with van der Waals surface area (Å²) in [6.07, 6.45) is 8.97. The average Bonchev–Trinajstić information content (AvgIpc) is 2.98. The van der Waals surface area contributed by atoms with Crippen molar-refractivity contribution in [3.05, 3.63) is 0 Å². The first kappa shape index (κ1) is 20.3. The summed E-state index contributed by atoms with van der Waals surface area (Å²) in [4.78, 5) is 12.6. The van der Waals surface area contributed by atoms with Crippen LogP contribution in [0.5, 0.6) is 0 Å². The number of aliphatic hydroxyl groups is 1. The zero-order valence-electron chi connectivity index (χ0n) is 17.5. The van der Waals surface area contributed by atoms with Gasteiger partial charge >= 0.3 is 0 Å². The summed E-state index contributed by atoms with van der Waals surface area (Å²) in [7, 11) is 1.88. The monoisotopic (exact) mass is 440 g/mol. The Labute approximate surface area is 173 Å². The van der Waals surface area contributed by atoms with Crippen LogP contribution in [0.1, 0.15) is 72.1 Å². The lowest BCUT2D eigenvalue weighted by molar-refractivity contribution is -0.191. The highest BCUT2D eigenvalue weighted by Crippen LogP contribution is 2.68. The summed E-state index contributed by atoms with van der Waals surface area (Å²) in [5, 5.41) is 11.2. The van der Waals surface area contributed by atoms with E-state index < -0.39 is 5.60 Å². The van der Waals surface area contributed by atoms with Gasteiger partial charge in [-0.05, 0) is 92.8 Å². The molecule has 0 bridgehead atoms. The molecular weight excluding hydrogens is 404 g/mol. The van der Waals surface area contributed by atoms with Crippen molar-refractivity contribution in [2.45, 2.75) is 83.8 Å². The van der Waals surface area contributed by atoms with Crippen LogP contribution < -0.4 is 0 Å². The summed E-state index contributed by atoms with van der Waals surface area (Å²) in [5.74, 6) is 3.03. The van der Waals surface area contributed by atoms with E-state index in [1.165, 1.54) is 19.3 Å². The molecule has 0 aromatic rings. The predicted octanol–water partition coefficient (Wildman–Crippen LogP) is 4.99. The maximum atomic E-state index is 12.6. The zero-order chi connectivity index (χ0) is 19.6. The molecule has 0 amide bonds. The number of Topliss-reactive ketones (excluding diaryl/α,β-unsaturated/α-hetero) is 1. The molecule has 154 valence electrons. The molecule has 4 saturated carbocycles. The summed E-state index contributed by atoms with van der Waals surface area (Å²) < 4.78 is 6.12. The van der Waals surface area contributed by atoms with Crippen LogP contribution in [-0.4, -0.2) is 35.0 Å². The predicted molar refractivity (Wildman–Crippen MR) is 111 cm³/mol. The fraction of sp³-hybridized carbons (Fsp3) is 0.957. The molecule has 4 heteroatoms. The number of rotatable bonds is 3. The smallest absolute Gasteiger partial charge is 0.147 e. The summed E-state index contributed by atoms with van der Waals surface area (Å²) in [6.45, 7) is 6.93. The fourth-order valence-electron chi connectivity index (χ4n) is 8.25. The van der Waals surface area contributed by atoms with Crippen LogP contribution in [0.15, 0.2) is 0 Å². The lowest BCUT2D eigenvalue weighted by Gasteiger charge is -2.63. The van der Waals surface area contributed by atoms with Crippen molar-refractivity contribution in [2.75, 3.05) is 12.4 Å². The molecule has 0 heterocycles. The fourth-order valence-corrected chi connectivity index (χ4v) is 8.64. The van der Waals surface area contributed by atoms with E-state index in [4.69, 9.17) is 4.74 Å². The first-order valence-corrected chi connectivity index (χ1v) is 12.1. The van der Waals surface area contributed by atoms with Crippen molar-refractivity contribution in [3.8, 4) is 0 Å². The van der Waals surface area contributed by atoms with Gasteiger partial charge in [0.05, 0.1) is 17.0 Å². The molecule has 4 aliphatic carbocycles. The van der Waals surface area contributed by atoms with Gasteiger partial charge in [0.1, 0.15) is 5.78 Å². The maximum Gasteiger partial charge on any atom is 0.147 e. The molecule has 3 nitrogen and oxygen atoms in total. The number of hydrogen-bond donors (Lipinski definition) is 1. The van der Waals surface area contributed by atoms with Crippen LogP contribution in [-0.2, 0) is 9.53 Å². The molecule has 27 heavy (non-hydrogen) atoms. The van der Waals surface area contributed by atoms with Gasteiger partial charge in [-0.15, -0.1) is 0 Å². The van der Waals surface area contributed by atoms with Crippen LogP contribution in [0, 0.1) is 40.4 Å². The van der Waals surface area contributed by atoms with E-state index in [-0.39, 0.29) is 17.4 Å². The molecule has 0 aromatic carbocycles. The van der Waals surface area contributed by atoms with Crippen molar-refractivity contribution >= 4 is 21.7 Å². The second kappa shape index (κ2) is 6.80. The second-order valence-electron chi connectivity index (χ2n) is 11.0. The van der Waals surface area contributed by atoms with E-state index in [0.717, 1.165) is 32.1 Å². The normalized spacial score (nSPS) is 54.7. The van der Waals surface area contributed by atoms with Gasteiger partial charge in [-0.25, -0.2) is 0 Å². The summed E-state index contributed by atoms with van der Waals surface area (Å²) >= 11 is 3.43. The lowest BCUT2D eigenvalue weighted by Crippen LogP contribution is -2.60. The molecule has 0 radical (unpaired) electrons. The molecule has 0 saturated heterocycles. The van der Waals surface area contributed by atoms with Crippen molar-refractivity contribution in [1.82, 2.24) is 0 Å². The van der Waals surface area contributed by atoms with E-state index in [0.29, 0.717) is 40.2 Å².